The summed E-state index contributed by atoms with van der Waals surface area (Å²) in [5, 5.41) is 3.19. The molecule has 0 radical (unpaired) electrons. The maximum absolute atomic E-state index is 12.8. The normalized spacial score (nSPS) is 22.6. The number of likely N-dealkylation sites (tertiary alicyclic amines) is 2. The van der Waals surface area contributed by atoms with Gasteiger partial charge in [0.2, 0.25) is 5.91 Å². The minimum Gasteiger partial charge on any atom is -0.352 e. The molecule has 2 aromatic carbocycles. The maximum atomic E-state index is 12.8. The van der Waals surface area contributed by atoms with Gasteiger partial charge in [-0.05, 0) is 68.3 Å². The molecule has 2 unspecified atom stereocenters. The largest absolute Gasteiger partial charge is 0.352 e. The van der Waals surface area contributed by atoms with Gasteiger partial charge in [0, 0.05) is 32.7 Å². The van der Waals surface area contributed by atoms with Crippen molar-refractivity contribution in [3.05, 3.63) is 70.8 Å². The number of benzene rings is 2. The number of nitrogens with one attached hydrogen (secondary N) is 1. The fourth-order valence-corrected chi connectivity index (χ4v) is 5.15. The number of nitrogens with zero attached hydrogens (tertiary/aromatic N) is 2. The van der Waals surface area contributed by atoms with Gasteiger partial charge in [-0.25, -0.2) is 0 Å². The van der Waals surface area contributed by atoms with Gasteiger partial charge in [-0.15, -0.1) is 0 Å². The fraction of sp³-hybridized carbons (Fsp3) is 0.536. The third-order valence-corrected chi connectivity index (χ3v) is 7.04. The predicted octanol–water partition coefficient (Wildman–Crippen LogP) is 4.76. The van der Waals surface area contributed by atoms with Crippen molar-refractivity contribution in [1.29, 1.82) is 0 Å². The number of hydrogen-bond donors (Lipinski definition) is 1. The Labute approximate surface area is 194 Å². The van der Waals surface area contributed by atoms with Gasteiger partial charge in [0.15, 0.2) is 0 Å². The van der Waals surface area contributed by atoms with E-state index in [-0.39, 0.29) is 11.8 Å². The minimum atomic E-state index is 0.0922. The van der Waals surface area contributed by atoms with Gasteiger partial charge in [-0.2, -0.15) is 0 Å². The van der Waals surface area contributed by atoms with Crippen molar-refractivity contribution in [2.24, 2.45) is 11.8 Å². The fourth-order valence-electron chi connectivity index (χ4n) is 5.15. The lowest BCUT2D eigenvalue weighted by atomic mass is 9.96. The molecule has 2 saturated heterocycles. The van der Waals surface area contributed by atoms with Gasteiger partial charge >= 0.3 is 0 Å². The van der Waals surface area contributed by atoms with Crippen molar-refractivity contribution in [3.8, 4) is 0 Å². The summed E-state index contributed by atoms with van der Waals surface area (Å²) in [6, 6.07) is 17.5. The third-order valence-electron chi connectivity index (χ3n) is 7.04. The molecule has 1 amide bonds. The minimum absolute atomic E-state index is 0.0922. The van der Waals surface area contributed by atoms with E-state index >= 15 is 0 Å². The molecule has 2 fully saturated rings. The van der Waals surface area contributed by atoms with E-state index in [1.54, 1.807) is 0 Å². The second-order valence-electron chi connectivity index (χ2n) is 10.1. The van der Waals surface area contributed by atoms with E-state index in [1.165, 1.54) is 48.2 Å². The standard InChI is InChI=1S/C28H39N3O/c1-22-7-9-25(10-8-22)20-31-16-4-6-27(21-31)28(32)29-17-24-11-13-26(14-12-24)19-30-15-3-5-23(2)18-30/h7-14,23,27H,3-6,15-21H2,1-2H3,(H,29,32). The Hall–Kier alpha value is -2.17. The number of amides is 1. The highest BCUT2D eigenvalue weighted by Crippen LogP contribution is 2.20. The lowest BCUT2D eigenvalue weighted by Crippen LogP contribution is -2.42. The second kappa shape index (κ2) is 11.1. The van der Waals surface area contributed by atoms with Crippen molar-refractivity contribution in [2.45, 2.75) is 59.2 Å². The van der Waals surface area contributed by atoms with Gasteiger partial charge in [-0.3, -0.25) is 14.6 Å². The van der Waals surface area contributed by atoms with Crippen LogP contribution in [0.15, 0.2) is 48.5 Å². The van der Waals surface area contributed by atoms with E-state index in [2.05, 4.69) is 77.5 Å². The predicted molar refractivity (Wildman–Crippen MR) is 131 cm³/mol. The highest BCUT2D eigenvalue weighted by molar-refractivity contribution is 5.79. The van der Waals surface area contributed by atoms with Gasteiger partial charge in [0.05, 0.1) is 5.92 Å². The van der Waals surface area contributed by atoms with Crippen LogP contribution in [-0.2, 0) is 24.4 Å². The zero-order valence-electron chi connectivity index (χ0n) is 19.9. The van der Waals surface area contributed by atoms with Crippen molar-refractivity contribution in [1.82, 2.24) is 15.1 Å². The molecular formula is C28H39N3O. The molecule has 0 aromatic heterocycles. The summed E-state index contributed by atoms with van der Waals surface area (Å²) >= 11 is 0. The van der Waals surface area contributed by atoms with Crippen LogP contribution in [0.3, 0.4) is 0 Å². The molecule has 2 aliphatic rings. The quantitative estimate of drug-likeness (QED) is 0.684. The molecule has 4 nitrogen and oxygen atoms in total. The zero-order valence-corrected chi connectivity index (χ0v) is 19.9. The van der Waals surface area contributed by atoms with Crippen LogP contribution in [0.5, 0.6) is 0 Å². The van der Waals surface area contributed by atoms with Gasteiger partial charge in [-0.1, -0.05) is 61.0 Å². The summed E-state index contributed by atoms with van der Waals surface area (Å²) in [6.07, 6.45) is 4.76. The van der Waals surface area contributed by atoms with Crippen molar-refractivity contribution in [3.63, 3.8) is 0 Å². The van der Waals surface area contributed by atoms with E-state index in [0.717, 1.165) is 44.9 Å². The Bertz CT molecular complexity index is 861. The number of piperidine rings is 2. The molecule has 2 aliphatic heterocycles. The second-order valence-corrected chi connectivity index (χ2v) is 10.1. The number of hydrogen-bond acceptors (Lipinski definition) is 3. The van der Waals surface area contributed by atoms with Crippen LogP contribution in [0, 0.1) is 18.8 Å². The highest BCUT2D eigenvalue weighted by atomic mass is 16.1. The lowest BCUT2D eigenvalue weighted by molar-refractivity contribution is -0.126. The highest BCUT2D eigenvalue weighted by Gasteiger charge is 2.25. The van der Waals surface area contributed by atoms with Crippen LogP contribution in [0.25, 0.3) is 0 Å². The Kier molecular flexibility index (Phi) is 7.99. The van der Waals surface area contributed by atoms with Crippen molar-refractivity contribution >= 4 is 5.91 Å². The number of carbonyl (C=O) groups excluding carboxylic acids is 1. The first-order chi connectivity index (χ1) is 15.5. The van der Waals surface area contributed by atoms with E-state index in [1.807, 2.05) is 0 Å². The Morgan fingerprint density at radius 1 is 0.844 bits per heavy atom. The van der Waals surface area contributed by atoms with Crippen LogP contribution in [0.1, 0.15) is 54.9 Å². The van der Waals surface area contributed by atoms with E-state index in [9.17, 15) is 4.79 Å². The average Bonchev–Trinajstić information content (AvgIpc) is 2.80. The molecule has 2 atom stereocenters. The molecule has 4 heteroatoms. The number of rotatable bonds is 7. The smallest absolute Gasteiger partial charge is 0.224 e. The Morgan fingerprint density at radius 3 is 2.06 bits per heavy atom. The van der Waals surface area contributed by atoms with Gasteiger partial charge in [0.25, 0.3) is 0 Å². The molecule has 0 saturated carbocycles. The first kappa shape index (κ1) is 23.0. The molecular weight excluding hydrogens is 394 g/mol. The monoisotopic (exact) mass is 433 g/mol. The summed E-state index contributed by atoms with van der Waals surface area (Å²) < 4.78 is 0. The zero-order chi connectivity index (χ0) is 22.3. The van der Waals surface area contributed by atoms with Crippen molar-refractivity contribution < 1.29 is 4.79 Å². The SMILES string of the molecule is Cc1ccc(CN2CCCC(C(=O)NCc3ccc(CN4CCCC(C)C4)cc3)C2)cc1. The van der Waals surface area contributed by atoms with Gasteiger partial charge in [0.1, 0.15) is 0 Å². The molecule has 32 heavy (non-hydrogen) atoms. The third kappa shape index (κ3) is 6.66. The molecule has 1 N–H and O–H groups in total. The van der Waals surface area contributed by atoms with Gasteiger partial charge < -0.3 is 5.32 Å². The summed E-state index contributed by atoms with van der Waals surface area (Å²) in [7, 11) is 0. The van der Waals surface area contributed by atoms with Crippen molar-refractivity contribution in [2.75, 3.05) is 26.2 Å². The summed E-state index contributed by atoms with van der Waals surface area (Å²) in [5.41, 5.74) is 5.17. The van der Waals surface area contributed by atoms with Crippen LogP contribution in [-0.4, -0.2) is 41.9 Å². The summed E-state index contributed by atoms with van der Waals surface area (Å²) in [5.74, 6) is 1.10. The molecule has 0 aliphatic carbocycles. The maximum Gasteiger partial charge on any atom is 0.224 e. The molecule has 0 bridgehead atoms. The summed E-state index contributed by atoms with van der Waals surface area (Å²) in [6.45, 7) is 11.4. The Balaban J connectivity index is 1.22. The molecule has 172 valence electrons. The van der Waals surface area contributed by atoms with Crippen LogP contribution in [0.4, 0.5) is 0 Å². The van der Waals surface area contributed by atoms with Crippen LogP contribution >= 0.6 is 0 Å². The average molecular weight is 434 g/mol. The Morgan fingerprint density at radius 2 is 1.41 bits per heavy atom. The lowest BCUT2D eigenvalue weighted by Gasteiger charge is -2.32. The molecule has 4 rings (SSSR count). The van der Waals surface area contributed by atoms with E-state index < -0.39 is 0 Å². The summed E-state index contributed by atoms with van der Waals surface area (Å²) in [4.78, 5) is 17.8. The van der Waals surface area contributed by atoms with E-state index in [4.69, 9.17) is 0 Å². The van der Waals surface area contributed by atoms with Crippen LogP contribution < -0.4 is 5.32 Å². The number of aryl methyl sites for hydroxylation is 1. The molecule has 2 aromatic rings. The molecule has 2 heterocycles. The first-order valence-corrected chi connectivity index (χ1v) is 12.4. The first-order valence-electron chi connectivity index (χ1n) is 12.4. The van der Waals surface area contributed by atoms with Crippen LogP contribution in [0.2, 0.25) is 0 Å². The van der Waals surface area contributed by atoms with E-state index in [0.29, 0.717) is 6.54 Å². The number of carbonyl (C=O) groups is 1. The molecule has 0 spiro atoms. The topological polar surface area (TPSA) is 35.6 Å².